The molecule has 1 aromatic heterocycles. The standard InChI is InChI=1S/C15H21N3O3/c1-10-5-3-4-6-13(10)15(19)18-7-12(8-18)20-9-14-16-11(2)17-21-14/h3-4,10,12-13H,5-9H2,1-2H3/t10-,13-/m1/s1. The summed E-state index contributed by atoms with van der Waals surface area (Å²) in [6.45, 7) is 5.57. The summed E-state index contributed by atoms with van der Waals surface area (Å²) in [5, 5.41) is 3.71. The Morgan fingerprint density at radius 3 is 2.86 bits per heavy atom. The number of allylic oxidation sites excluding steroid dienone is 2. The van der Waals surface area contributed by atoms with Gasteiger partial charge in [-0.05, 0) is 25.7 Å². The zero-order valence-electron chi connectivity index (χ0n) is 12.5. The van der Waals surface area contributed by atoms with Crippen LogP contribution in [0.25, 0.3) is 0 Å². The SMILES string of the molecule is Cc1noc(COC2CN(C(=O)[C@@H]3CC=CC[C@H]3C)C2)n1. The van der Waals surface area contributed by atoms with Crippen molar-refractivity contribution in [1.82, 2.24) is 15.0 Å². The Kier molecular flexibility index (Phi) is 4.05. The Morgan fingerprint density at radius 1 is 1.43 bits per heavy atom. The van der Waals surface area contributed by atoms with Crippen LogP contribution in [0.5, 0.6) is 0 Å². The molecule has 0 aromatic carbocycles. The minimum Gasteiger partial charge on any atom is -0.365 e. The van der Waals surface area contributed by atoms with Crippen molar-refractivity contribution in [3.8, 4) is 0 Å². The molecule has 2 heterocycles. The van der Waals surface area contributed by atoms with Gasteiger partial charge in [-0.15, -0.1) is 0 Å². The number of ether oxygens (including phenoxy) is 1. The van der Waals surface area contributed by atoms with Crippen molar-refractivity contribution in [2.45, 2.75) is 39.4 Å². The molecule has 21 heavy (non-hydrogen) atoms. The number of carbonyl (C=O) groups is 1. The van der Waals surface area contributed by atoms with Gasteiger partial charge in [-0.2, -0.15) is 4.98 Å². The number of aromatic nitrogens is 2. The molecule has 6 heteroatoms. The minimum atomic E-state index is 0.0793. The van der Waals surface area contributed by atoms with Gasteiger partial charge in [0.2, 0.25) is 5.91 Å². The van der Waals surface area contributed by atoms with Gasteiger partial charge < -0.3 is 14.2 Å². The van der Waals surface area contributed by atoms with E-state index < -0.39 is 0 Å². The molecule has 1 aliphatic heterocycles. The van der Waals surface area contributed by atoms with E-state index in [1.54, 1.807) is 6.92 Å². The molecule has 1 amide bonds. The summed E-state index contributed by atoms with van der Waals surface area (Å²) in [4.78, 5) is 18.4. The first-order chi connectivity index (χ1) is 10.1. The lowest BCUT2D eigenvalue weighted by Crippen LogP contribution is -2.57. The number of rotatable bonds is 4. The summed E-state index contributed by atoms with van der Waals surface area (Å²) in [5.41, 5.74) is 0. The van der Waals surface area contributed by atoms with Crippen LogP contribution in [0.4, 0.5) is 0 Å². The molecule has 1 aliphatic carbocycles. The highest BCUT2D eigenvalue weighted by Crippen LogP contribution is 2.28. The molecular weight excluding hydrogens is 270 g/mol. The van der Waals surface area contributed by atoms with E-state index >= 15 is 0 Å². The molecule has 0 bridgehead atoms. The first kappa shape index (κ1) is 14.3. The predicted molar refractivity (Wildman–Crippen MR) is 75.2 cm³/mol. The second kappa shape index (κ2) is 5.97. The Bertz CT molecular complexity index is 534. The van der Waals surface area contributed by atoms with E-state index in [9.17, 15) is 4.79 Å². The normalized spacial score (nSPS) is 25.9. The Hall–Kier alpha value is -1.69. The maximum Gasteiger partial charge on any atom is 0.252 e. The van der Waals surface area contributed by atoms with Crippen molar-refractivity contribution < 1.29 is 14.1 Å². The average Bonchev–Trinajstić information content (AvgIpc) is 2.83. The van der Waals surface area contributed by atoms with E-state index in [0.717, 1.165) is 12.8 Å². The molecular formula is C15H21N3O3. The molecule has 0 spiro atoms. The fourth-order valence-corrected chi connectivity index (χ4v) is 2.84. The van der Waals surface area contributed by atoms with Gasteiger partial charge in [0.1, 0.15) is 6.61 Å². The number of amides is 1. The maximum atomic E-state index is 12.4. The van der Waals surface area contributed by atoms with E-state index in [4.69, 9.17) is 9.26 Å². The van der Waals surface area contributed by atoms with Gasteiger partial charge in [-0.1, -0.05) is 24.2 Å². The molecule has 0 radical (unpaired) electrons. The second-order valence-electron chi connectivity index (χ2n) is 5.94. The van der Waals surface area contributed by atoms with Gasteiger partial charge in [0.05, 0.1) is 6.10 Å². The molecule has 0 N–H and O–H groups in total. The monoisotopic (exact) mass is 291 g/mol. The summed E-state index contributed by atoms with van der Waals surface area (Å²) in [6, 6.07) is 0. The van der Waals surface area contributed by atoms with Gasteiger partial charge >= 0.3 is 0 Å². The highest BCUT2D eigenvalue weighted by atomic mass is 16.5. The lowest BCUT2D eigenvalue weighted by Gasteiger charge is -2.41. The number of aryl methyl sites for hydroxylation is 1. The van der Waals surface area contributed by atoms with Crippen molar-refractivity contribution in [3.05, 3.63) is 23.9 Å². The fraction of sp³-hybridized carbons (Fsp3) is 0.667. The van der Waals surface area contributed by atoms with E-state index in [1.165, 1.54) is 0 Å². The van der Waals surface area contributed by atoms with Crippen LogP contribution in [-0.4, -0.2) is 40.1 Å². The Balaban J connectivity index is 1.43. The summed E-state index contributed by atoms with van der Waals surface area (Å²) < 4.78 is 10.7. The van der Waals surface area contributed by atoms with Crippen LogP contribution in [0.15, 0.2) is 16.7 Å². The first-order valence-corrected chi connectivity index (χ1v) is 7.48. The van der Waals surface area contributed by atoms with Crippen LogP contribution in [0, 0.1) is 18.8 Å². The van der Waals surface area contributed by atoms with Crippen LogP contribution < -0.4 is 0 Å². The Morgan fingerprint density at radius 2 is 2.19 bits per heavy atom. The number of likely N-dealkylation sites (tertiary alicyclic amines) is 1. The first-order valence-electron chi connectivity index (χ1n) is 7.48. The second-order valence-corrected chi connectivity index (χ2v) is 5.94. The van der Waals surface area contributed by atoms with Crippen LogP contribution >= 0.6 is 0 Å². The zero-order chi connectivity index (χ0) is 14.8. The molecule has 1 fully saturated rings. The molecule has 0 saturated carbocycles. The van der Waals surface area contributed by atoms with Crippen LogP contribution in [0.3, 0.4) is 0 Å². The van der Waals surface area contributed by atoms with Crippen molar-refractivity contribution in [2.75, 3.05) is 13.1 Å². The molecule has 1 aromatic rings. The largest absolute Gasteiger partial charge is 0.365 e. The van der Waals surface area contributed by atoms with Crippen LogP contribution in [-0.2, 0) is 16.1 Å². The smallest absolute Gasteiger partial charge is 0.252 e. The van der Waals surface area contributed by atoms with Gasteiger partial charge in [-0.25, -0.2) is 0 Å². The highest BCUT2D eigenvalue weighted by molar-refractivity contribution is 5.80. The van der Waals surface area contributed by atoms with Crippen molar-refractivity contribution >= 4 is 5.91 Å². The zero-order valence-corrected chi connectivity index (χ0v) is 12.5. The molecule has 3 rings (SSSR count). The topological polar surface area (TPSA) is 68.5 Å². The fourth-order valence-electron chi connectivity index (χ4n) is 2.84. The maximum absolute atomic E-state index is 12.4. The lowest BCUT2D eigenvalue weighted by atomic mass is 9.83. The van der Waals surface area contributed by atoms with E-state index in [1.807, 2.05) is 4.90 Å². The predicted octanol–water partition coefficient (Wildman–Crippen LogP) is 1.71. The molecule has 6 nitrogen and oxygen atoms in total. The molecule has 0 unspecified atom stereocenters. The third-order valence-corrected chi connectivity index (χ3v) is 4.24. The van der Waals surface area contributed by atoms with Crippen LogP contribution in [0.2, 0.25) is 0 Å². The van der Waals surface area contributed by atoms with Gasteiger partial charge in [0, 0.05) is 19.0 Å². The van der Waals surface area contributed by atoms with Crippen molar-refractivity contribution in [2.24, 2.45) is 11.8 Å². The third kappa shape index (κ3) is 3.15. The quantitative estimate of drug-likeness (QED) is 0.790. The molecule has 2 aliphatic rings. The summed E-state index contributed by atoms with van der Waals surface area (Å²) >= 11 is 0. The number of carbonyl (C=O) groups excluding carboxylic acids is 1. The number of hydrogen-bond acceptors (Lipinski definition) is 5. The summed E-state index contributed by atoms with van der Waals surface area (Å²) in [7, 11) is 0. The average molecular weight is 291 g/mol. The summed E-state index contributed by atoms with van der Waals surface area (Å²) in [6.07, 6.45) is 6.23. The lowest BCUT2D eigenvalue weighted by molar-refractivity contribution is -0.152. The molecule has 1 saturated heterocycles. The van der Waals surface area contributed by atoms with E-state index in [0.29, 0.717) is 37.3 Å². The molecule has 114 valence electrons. The van der Waals surface area contributed by atoms with Gasteiger partial charge in [0.25, 0.3) is 5.89 Å². The number of nitrogens with zero attached hydrogens (tertiary/aromatic N) is 3. The van der Waals surface area contributed by atoms with Crippen LogP contribution in [0.1, 0.15) is 31.5 Å². The van der Waals surface area contributed by atoms with Gasteiger partial charge in [-0.3, -0.25) is 4.79 Å². The highest BCUT2D eigenvalue weighted by Gasteiger charge is 2.37. The van der Waals surface area contributed by atoms with Crippen molar-refractivity contribution in [3.63, 3.8) is 0 Å². The Labute approximate surface area is 124 Å². The van der Waals surface area contributed by atoms with Crippen molar-refractivity contribution in [1.29, 1.82) is 0 Å². The molecule has 2 atom stereocenters. The van der Waals surface area contributed by atoms with Gasteiger partial charge in [0.15, 0.2) is 5.82 Å². The minimum absolute atomic E-state index is 0.0793. The van der Waals surface area contributed by atoms with E-state index in [2.05, 4.69) is 29.2 Å². The number of hydrogen-bond donors (Lipinski definition) is 0. The summed E-state index contributed by atoms with van der Waals surface area (Å²) in [5.74, 6) is 1.93. The van der Waals surface area contributed by atoms with E-state index in [-0.39, 0.29) is 17.9 Å². The third-order valence-electron chi connectivity index (χ3n) is 4.24.